The Morgan fingerprint density at radius 3 is 2.85 bits per heavy atom. The van der Waals surface area contributed by atoms with Gasteiger partial charge in [0, 0.05) is 30.1 Å². The monoisotopic (exact) mass is 267 g/mol. The van der Waals surface area contributed by atoms with Crippen LogP contribution < -0.4 is 15.8 Å². The zero-order valence-electron chi connectivity index (χ0n) is 11.4. The summed E-state index contributed by atoms with van der Waals surface area (Å²) >= 11 is 0. The molecular weight excluding hydrogens is 250 g/mol. The van der Waals surface area contributed by atoms with Gasteiger partial charge in [0.25, 0.3) is 0 Å². The number of hydrogen-bond acceptors (Lipinski definition) is 4. The van der Waals surface area contributed by atoms with Gasteiger partial charge < -0.3 is 15.8 Å². The van der Waals surface area contributed by atoms with Gasteiger partial charge in [-0.15, -0.1) is 0 Å². The highest BCUT2D eigenvalue weighted by atomic mass is 16.5. The molecule has 2 rings (SSSR count). The fourth-order valence-electron chi connectivity index (χ4n) is 1.93. The molecule has 0 radical (unpaired) electrons. The second kappa shape index (κ2) is 6.48. The highest BCUT2D eigenvalue weighted by Crippen LogP contribution is 2.23. The van der Waals surface area contributed by atoms with Crippen LogP contribution >= 0.6 is 0 Å². The first-order valence-corrected chi connectivity index (χ1v) is 6.47. The number of nitrogen functional groups attached to an aromatic ring is 1. The van der Waals surface area contributed by atoms with Crippen molar-refractivity contribution in [3.8, 4) is 11.8 Å². The van der Waals surface area contributed by atoms with Crippen molar-refractivity contribution in [3.63, 3.8) is 0 Å². The van der Waals surface area contributed by atoms with Crippen molar-refractivity contribution in [2.24, 2.45) is 0 Å². The van der Waals surface area contributed by atoms with Crippen LogP contribution in [-0.4, -0.2) is 6.61 Å². The topological polar surface area (TPSA) is 71.1 Å². The quantitative estimate of drug-likeness (QED) is 0.816. The van der Waals surface area contributed by atoms with Crippen LogP contribution in [-0.2, 0) is 6.54 Å². The molecule has 0 aromatic heterocycles. The van der Waals surface area contributed by atoms with Gasteiger partial charge in [0.15, 0.2) is 0 Å². The van der Waals surface area contributed by atoms with Gasteiger partial charge in [-0.05, 0) is 30.7 Å². The first kappa shape index (κ1) is 13.8. The standard InChI is InChI=1S/C16H17N3O/c1-2-20-16-8-14(18)7-15(9-16)19-11-13-5-3-4-12(6-13)10-17/h3-9,19H,2,11,18H2,1H3. The maximum atomic E-state index is 8.88. The third kappa shape index (κ3) is 3.66. The minimum Gasteiger partial charge on any atom is -0.494 e. The van der Waals surface area contributed by atoms with Crippen molar-refractivity contribution in [1.29, 1.82) is 5.26 Å². The van der Waals surface area contributed by atoms with Crippen LogP contribution in [0.4, 0.5) is 11.4 Å². The lowest BCUT2D eigenvalue weighted by Crippen LogP contribution is -2.01. The summed E-state index contributed by atoms with van der Waals surface area (Å²) in [4.78, 5) is 0. The van der Waals surface area contributed by atoms with E-state index in [0.29, 0.717) is 24.4 Å². The lowest BCUT2D eigenvalue weighted by molar-refractivity contribution is 0.340. The molecule has 0 saturated carbocycles. The predicted octanol–water partition coefficient (Wildman–Crippen LogP) is 3.15. The molecule has 4 heteroatoms. The normalized spacial score (nSPS) is 9.80. The smallest absolute Gasteiger partial charge is 0.123 e. The van der Waals surface area contributed by atoms with Crippen LogP contribution in [0.2, 0.25) is 0 Å². The lowest BCUT2D eigenvalue weighted by Gasteiger charge is -2.10. The summed E-state index contributed by atoms with van der Waals surface area (Å²) in [6, 6.07) is 15.2. The number of benzene rings is 2. The molecule has 20 heavy (non-hydrogen) atoms. The Balaban J connectivity index is 2.08. The molecule has 2 aromatic carbocycles. The summed E-state index contributed by atoms with van der Waals surface area (Å²) in [6.45, 7) is 3.17. The molecule has 4 nitrogen and oxygen atoms in total. The van der Waals surface area contributed by atoms with E-state index in [0.717, 1.165) is 17.0 Å². The van der Waals surface area contributed by atoms with Crippen LogP contribution in [0.25, 0.3) is 0 Å². The van der Waals surface area contributed by atoms with Crippen molar-refractivity contribution in [3.05, 3.63) is 53.6 Å². The third-order valence-electron chi connectivity index (χ3n) is 2.79. The largest absolute Gasteiger partial charge is 0.494 e. The fourth-order valence-corrected chi connectivity index (χ4v) is 1.93. The van der Waals surface area contributed by atoms with Gasteiger partial charge in [-0.25, -0.2) is 0 Å². The third-order valence-corrected chi connectivity index (χ3v) is 2.79. The molecule has 0 saturated heterocycles. The van der Waals surface area contributed by atoms with Crippen LogP contribution in [0.5, 0.6) is 5.75 Å². The number of nitriles is 1. The molecule has 0 amide bonds. The molecule has 0 bridgehead atoms. The van der Waals surface area contributed by atoms with E-state index in [1.165, 1.54) is 0 Å². The zero-order valence-corrected chi connectivity index (χ0v) is 11.4. The molecule has 2 aromatic rings. The molecule has 0 aliphatic rings. The summed E-state index contributed by atoms with van der Waals surface area (Å²) in [5.41, 5.74) is 9.10. The molecule has 0 fully saturated rings. The number of anilines is 2. The number of nitrogens with two attached hydrogens (primary N) is 1. The van der Waals surface area contributed by atoms with Gasteiger partial charge in [-0.1, -0.05) is 12.1 Å². The Kier molecular flexibility index (Phi) is 4.46. The maximum Gasteiger partial charge on any atom is 0.123 e. The SMILES string of the molecule is CCOc1cc(N)cc(NCc2cccc(C#N)c2)c1. The summed E-state index contributed by atoms with van der Waals surface area (Å²) in [7, 11) is 0. The predicted molar refractivity (Wildman–Crippen MR) is 80.5 cm³/mol. The van der Waals surface area contributed by atoms with Crippen LogP contribution in [0.15, 0.2) is 42.5 Å². The van der Waals surface area contributed by atoms with E-state index in [-0.39, 0.29) is 0 Å². The fraction of sp³-hybridized carbons (Fsp3) is 0.188. The minimum atomic E-state index is 0.604. The Labute approximate surface area is 118 Å². The van der Waals surface area contributed by atoms with E-state index in [1.807, 2.05) is 37.3 Å². The Morgan fingerprint density at radius 1 is 1.25 bits per heavy atom. The van der Waals surface area contributed by atoms with Crippen LogP contribution in [0.1, 0.15) is 18.1 Å². The second-order valence-corrected chi connectivity index (χ2v) is 4.39. The van der Waals surface area contributed by atoms with Crippen molar-refractivity contribution in [2.75, 3.05) is 17.7 Å². The van der Waals surface area contributed by atoms with E-state index in [9.17, 15) is 0 Å². The average molecular weight is 267 g/mol. The number of nitrogens with one attached hydrogen (secondary N) is 1. The highest BCUT2D eigenvalue weighted by molar-refractivity contribution is 5.59. The molecule has 0 aliphatic carbocycles. The molecule has 102 valence electrons. The van der Waals surface area contributed by atoms with Gasteiger partial charge in [0.1, 0.15) is 5.75 Å². The minimum absolute atomic E-state index is 0.604. The number of rotatable bonds is 5. The highest BCUT2D eigenvalue weighted by Gasteiger charge is 2.01. The molecule has 0 heterocycles. The van der Waals surface area contributed by atoms with Gasteiger partial charge in [-0.2, -0.15) is 5.26 Å². The number of hydrogen-bond donors (Lipinski definition) is 2. The summed E-state index contributed by atoms with van der Waals surface area (Å²) in [6.07, 6.45) is 0. The second-order valence-electron chi connectivity index (χ2n) is 4.39. The van der Waals surface area contributed by atoms with Gasteiger partial charge >= 0.3 is 0 Å². The van der Waals surface area contributed by atoms with E-state index in [2.05, 4.69) is 11.4 Å². The Morgan fingerprint density at radius 2 is 2.10 bits per heavy atom. The van der Waals surface area contributed by atoms with E-state index in [1.54, 1.807) is 12.1 Å². The summed E-state index contributed by atoms with van der Waals surface area (Å²) in [5, 5.41) is 12.2. The molecular formula is C16H17N3O. The van der Waals surface area contributed by atoms with E-state index in [4.69, 9.17) is 15.7 Å². The first-order valence-electron chi connectivity index (χ1n) is 6.47. The van der Waals surface area contributed by atoms with Gasteiger partial charge in [0.05, 0.1) is 18.2 Å². The molecule has 0 aliphatic heterocycles. The molecule has 0 atom stereocenters. The summed E-state index contributed by atoms with van der Waals surface area (Å²) in [5.74, 6) is 0.751. The Hall–Kier alpha value is -2.67. The van der Waals surface area contributed by atoms with Crippen molar-refractivity contribution in [2.45, 2.75) is 13.5 Å². The molecule has 0 spiro atoms. The first-order chi connectivity index (χ1) is 9.71. The zero-order chi connectivity index (χ0) is 14.4. The Bertz CT molecular complexity index is 632. The maximum absolute atomic E-state index is 8.88. The summed E-state index contributed by atoms with van der Waals surface area (Å²) < 4.78 is 5.45. The van der Waals surface area contributed by atoms with E-state index >= 15 is 0 Å². The number of ether oxygens (including phenoxy) is 1. The van der Waals surface area contributed by atoms with Gasteiger partial charge in [-0.3, -0.25) is 0 Å². The van der Waals surface area contributed by atoms with Gasteiger partial charge in [0.2, 0.25) is 0 Å². The average Bonchev–Trinajstić information content (AvgIpc) is 2.45. The van der Waals surface area contributed by atoms with Crippen LogP contribution in [0.3, 0.4) is 0 Å². The molecule has 3 N–H and O–H groups in total. The lowest BCUT2D eigenvalue weighted by atomic mass is 10.1. The molecule has 0 unspecified atom stereocenters. The van der Waals surface area contributed by atoms with E-state index < -0.39 is 0 Å². The van der Waals surface area contributed by atoms with Crippen molar-refractivity contribution >= 4 is 11.4 Å². The number of nitrogens with zero attached hydrogens (tertiary/aromatic N) is 1. The van der Waals surface area contributed by atoms with Crippen LogP contribution in [0, 0.1) is 11.3 Å². The van der Waals surface area contributed by atoms with Crippen molar-refractivity contribution < 1.29 is 4.74 Å². The van der Waals surface area contributed by atoms with Crippen molar-refractivity contribution in [1.82, 2.24) is 0 Å².